The molecule has 2 rings (SSSR count). The van der Waals surface area contributed by atoms with Gasteiger partial charge in [0, 0.05) is 46.4 Å². The second-order valence-electron chi connectivity index (χ2n) is 6.29. The van der Waals surface area contributed by atoms with Gasteiger partial charge in [0.05, 0.1) is 5.41 Å². The average Bonchev–Trinajstić information content (AvgIpc) is 3.20. The van der Waals surface area contributed by atoms with Crippen LogP contribution in [0.2, 0.25) is 0 Å². The Morgan fingerprint density at radius 3 is 2.32 bits per heavy atom. The highest BCUT2D eigenvalue weighted by atomic mass is 16.5. The number of carbonyl (C=O) groups excluding carboxylic acids is 1. The molecule has 0 N–H and O–H groups in total. The first-order valence-electron chi connectivity index (χ1n) is 7.61. The summed E-state index contributed by atoms with van der Waals surface area (Å²) in [7, 11) is 1.75. The summed E-state index contributed by atoms with van der Waals surface area (Å²) in [6, 6.07) is 0. The van der Waals surface area contributed by atoms with Crippen molar-refractivity contribution in [1.29, 1.82) is 0 Å². The first-order chi connectivity index (χ1) is 9.10. The predicted octanol–water partition coefficient (Wildman–Crippen LogP) is 1.60. The van der Waals surface area contributed by atoms with E-state index in [1.807, 2.05) is 0 Å². The maximum atomic E-state index is 12.6. The minimum absolute atomic E-state index is 0.00177. The Balaban J connectivity index is 1.76. The molecule has 0 unspecified atom stereocenters. The third-order valence-corrected chi connectivity index (χ3v) is 4.80. The van der Waals surface area contributed by atoms with Gasteiger partial charge in [-0.25, -0.2) is 0 Å². The van der Waals surface area contributed by atoms with Gasteiger partial charge >= 0.3 is 0 Å². The second-order valence-corrected chi connectivity index (χ2v) is 6.29. The summed E-state index contributed by atoms with van der Waals surface area (Å²) >= 11 is 0. The Morgan fingerprint density at radius 2 is 1.84 bits per heavy atom. The molecule has 1 heterocycles. The van der Waals surface area contributed by atoms with Gasteiger partial charge in [-0.05, 0) is 25.2 Å². The predicted molar refractivity (Wildman–Crippen MR) is 76.0 cm³/mol. The summed E-state index contributed by atoms with van der Waals surface area (Å²) in [6.07, 6.45) is 3.27. The van der Waals surface area contributed by atoms with Gasteiger partial charge in [-0.2, -0.15) is 0 Å². The highest BCUT2D eigenvalue weighted by Gasteiger charge is 2.53. The van der Waals surface area contributed by atoms with Crippen molar-refractivity contribution in [3.8, 4) is 0 Å². The number of carbonyl (C=O) groups is 1. The Hall–Kier alpha value is -0.610. The van der Waals surface area contributed by atoms with Crippen LogP contribution in [0.3, 0.4) is 0 Å². The number of ether oxygens (including phenoxy) is 1. The monoisotopic (exact) mass is 268 g/mol. The summed E-state index contributed by atoms with van der Waals surface area (Å²) in [5, 5.41) is 0. The Bertz CT molecular complexity index is 305. The van der Waals surface area contributed by atoms with Crippen molar-refractivity contribution >= 4 is 5.91 Å². The highest BCUT2D eigenvalue weighted by Crippen LogP contribution is 2.53. The zero-order valence-electron chi connectivity index (χ0n) is 12.7. The van der Waals surface area contributed by atoms with Crippen molar-refractivity contribution in [1.82, 2.24) is 9.80 Å². The van der Waals surface area contributed by atoms with Crippen LogP contribution in [0.25, 0.3) is 0 Å². The topological polar surface area (TPSA) is 32.8 Å². The van der Waals surface area contributed by atoms with E-state index in [0.717, 1.165) is 58.6 Å². The Labute approximate surface area is 117 Å². The molecule has 0 aromatic rings. The SMILES string of the molecule is COCCCN1CCN(C(=O)C2(C(C)C)CC2)CC1. The van der Waals surface area contributed by atoms with Crippen molar-refractivity contribution in [3.05, 3.63) is 0 Å². The summed E-state index contributed by atoms with van der Waals surface area (Å²) in [6.45, 7) is 10.1. The zero-order chi connectivity index (χ0) is 13.9. The molecule has 1 saturated carbocycles. The number of hydrogen-bond acceptors (Lipinski definition) is 3. The number of amides is 1. The molecule has 110 valence electrons. The molecule has 0 bridgehead atoms. The normalized spacial score (nSPS) is 22.8. The molecule has 1 saturated heterocycles. The molecule has 19 heavy (non-hydrogen) atoms. The number of hydrogen-bond donors (Lipinski definition) is 0. The van der Waals surface area contributed by atoms with Gasteiger partial charge in [0.1, 0.15) is 0 Å². The largest absolute Gasteiger partial charge is 0.385 e. The molecule has 0 radical (unpaired) electrons. The van der Waals surface area contributed by atoms with Crippen molar-refractivity contribution < 1.29 is 9.53 Å². The molecule has 1 amide bonds. The number of rotatable bonds is 6. The average molecular weight is 268 g/mol. The summed E-state index contributed by atoms with van der Waals surface area (Å²) in [4.78, 5) is 17.1. The molecule has 2 fully saturated rings. The van der Waals surface area contributed by atoms with E-state index in [4.69, 9.17) is 4.74 Å². The third kappa shape index (κ3) is 3.29. The fraction of sp³-hybridized carbons (Fsp3) is 0.933. The van der Waals surface area contributed by atoms with Crippen LogP contribution in [-0.2, 0) is 9.53 Å². The van der Waals surface area contributed by atoms with E-state index in [2.05, 4.69) is 23.6 Å². The lowest BCUT2D eigenvalue weighted by Gasteiger charge is -2.37. The molecule has 0 aromatic carbocycles. The number of methoxy groups -OCH3 is 1. The van der Waals surface area contributed by atoms with Gasteiger partial charge in [-0.3, -0.25) is 9.69 Å². The summed E-state index contributed by atoms with van der Waals surface area (Å²) in [5.41, 5.74) is -0.00177. The molecular formula is C15H28N2O2. The quantitative estimate of drug-likeness (QED) is 0.686. The van der Waals surface area contributed by atoms with E-state index in [0.29, 0.717) is 11.8 Å². The van der Waals surface area contributed by atoms with Crippen LogP contribution in [0, 0.1) is 11.3 Å². The lowest BCUT2D eigenvalue weighted by molar-refractivity contribution is -0.140. The van der Waals surface area contributed by atoms with Gasteiger partial charge in [-0.15, -0.1) is 0 Å². The zero-order valence-corrected chi connectivity index (χ0v) is 12.7. The van der Waals surface area contributed by atoms with Crippen LogP contribution < -0.4 is 0 Å². The van der Waals surface area contributed by atoms with Crippen molar-refractivity contribution in [3.63, 3.8) is 0 Å². The van der Waals surface area contributed by atoms with E-state index >= 15 is 0 Å². The second kappa shape index (κ2) is 6.23. The summed E-state index contributed by atoms with van der Waals surface area (Å²) in [5.74, 6) is 0.902. The first kappa shape index (κ1) is 14.8. The highest BCUT2D eigenvalue weighted by molar-refractivity contribution is 5.85. The Morgan fingerprint density at radius 1 is 1.21 bits per heavy atom. The molecule has 0 spiro atoms. The van der Waals surface area contributed by atoms with Crippen LogP contribution in [-0.4, -0.2) is 62.1 Å². The first-order valence-corrected chi connectivity index (χ1v) is 7.61. The number of piperazine rings is 1. The van der Waals surface area contributed by atoms with Gasteiger partial charge in [0.25, 0.3) is 0 Å². The van der Waals surface area contributed by atoms with Crippen LogP contribution in [0.15, 0.2) is 0 Å². The van der Waals surface area contributed by atoms with E-state index in [-0.39, 0.29) is 5.41 Å². The van der Waals surface area contributed by atoms with Crippen LogP contribution in [0.1, 0.15) is 33.1 Å². The van der Waals surface area contributed by atoms with Gasteiger partial charge in [0.15, 0.2) is 0 Å². The lowest BCUT2D eigenvalue weighted by atomic mass is 9.90. The summed E-state index contributed by atoms with van der Waals surface area (Å²) < 4.78 is 5.08. The van der Waals surface area contributed by atoms with Crippen molar-refractivity contribution in [2.45, 2.75) is 33.1 Å². The molecule has 0 aromatic heterocycles. The van der Waals surface area contributed by atoms with Crippen molar-refractivity contribution in [2.24, 2.45) is 11.3 Å². The minimum atomic E-state index is -0.00177. The van der Waals surface area contributed by atoms with Crippen LogP contribution in [0.5, 0.6) is 0 Å². The standard InChI is InChI=1S/C15H28N2O2/c1-13(2)15(5-6-15)14(18)17-10-8-16(9-11-17)7-4-12-19-3/h13H,4-12H2,1-3H3. The van der Waals surface area contributed by atoms with E-state index < -0.39 is 0 Å². The maximum absolute atomic E-state index is 12.6. The van der Waals surface area contributed by atoms with Gasteiger partial charge < -0.3 is 9.64 Å². The maximum Gasteiger partial charge on any atom is 0.229 e. The molecule has 0 atom stereocenters. The lowest BCUT2D eigenvalue weighted by Crippen LogP contribution is -2.51. The third-order valence-electron chi connectivity index (χ3n) is 4.80. The van der Waals surface area contributed by atoms with Gasteiger partial charge in [0.2, 0.25) is 5.91 Å². The molecular weight excluding hydrogens is 240 g/mol. The molecule has 1 aliphatic carbocycles. The smallest absolute Gasteiger partial charge is 0.229 e. The molecule has 4 nitrogen and oxygen atoms in total. The van der Waals surface area contributed by atoms with Gasteiger partial charge in [-0.1, -0.05) is 13.8 Å². The molecule has 1 aliphatic heterocycles. The van der Waals surface area contributed by atoms with E-state index in [1.54, 1.807) is 7.11 Å². The van der Waals surface area contributed by atoms with E-state index in [1.165, 1.54) is 0 Å². The molecule has 4 heteroatoms. The fourth-order valence-electron chi connectivity index (χ4n) is 3.09. The fourth-order valence-corrected chi connectivity index (χ4v) is 3.09. The van der Waals surface area contributed by atoms with Crippen molar-refractivity contribution in [2.75, 3.05) is 46.4 Å². The minimum Gasteiger partial charge on any atom is -0.385 e. The number of nitrogens with zero attached hydrogens (tertiary/aromatic N) is 2. The Kier molecular flexibility index (Phi) is 4.85. The van der Waals surface area contributed by atoms with Crippen LogP contribution >= 0.6 is 0 Å². The molecule has 2 aliphatic rings. The van der Waals surface area contributed by atoms with Crippen LogP contribution in [0.4, 0.5) is 0 Å². The van der Waals surface area contributed by atoms with E-state index in [9.17, 15) is 4.79 Å².